The molecule has 4 heterocycles. The quantitative estimate of drug-likeness (QED) is 0.736. The summed E-state index contributed by atoms with van der Waals surface area (Å²) in [6.45, 7) is 3.54. The molecule has 0 saturated carbocycles. The van der Waals surface area contributed by atoms with Gasteiger partial charge >= 0.3 is 0 Å². The number of nitrogens with one attached hydrogen (secondary N) is 1. The maximum atomic E-state index is 14.1. The molecule has 30 heavy (non-hydrogen) atoms. The van der Waals surface area contributed by atoms with E-state index in [9.17, 15) is 18.0 Å². The van der Waals surface area contributed by atoms with Crippen molar-refractivity contribution >= 4 is 28.2 Å². The summed E-state index contributed by atoms with van der Waals surface area (Å²) >= 11 is 1.11. The molecule has 0 bridgehead atoms. The van der Waals surface area contributed by atoms with E-state index in [2.05, 4.69) is 25.2 Å². The van der Waals surface area contributed by atoms with Gasteiger partial charge in [-0.3, -0.25) is 9.69 Å². The number of halogens is 3. The first-order valence-electron chi connectivity index (χ1n) is 9.47. The molecule has 0 aliphatic carbocycles. The van der Waals surface area contributed by atoms with Gasteiger partial charge < -0.3 is 15.0 Å². The highest BCUT2D eigenvalue weighted by Gasteiger charge is 2.44. The molecule has 1 N–H and O–H groups in total. The lowest BCUT2D eigenvalue weighted by Crippen LogP contribution is -2.56. The minimum absolute atomic E-state index is 0.135. The van der Waals surface area contributed by atoms with E-state index in [0.29, 0.717) is 36.1 Å². The number of hydrogen-bond acceptors (Lipinski definition) is 8. The molecule has 1 amide bonds. The number of thiazole rings is 1. The highest BCUT2D eigenvalue weighted by Crippen LogP contribution is 2.32. The van der Waals surface area contributed by atoms with Crippen molar-refractivity contribution in [3.8, 4) is 5.88 Å². The predicted molar refractivity (Wildman–Crippen MR) is 104 cm³/mol. The van der Waals surface area contributed by atoms with Gasteiger partial charge in [0.1, 0.15) is 18.2 Å². The van der Waals surface area contributed by atoms with Crippen LogP contribution in [0.15, 0.2) is 12.4 Å². The Kier molecular flexibility index (Phi) is 5.53. The van der Waals surface area contributed by atoms with Crippen molar-refractivity contribution in [2.45, 2.75) is 44.9 Å². The van der Waals surface area contributed by atoms with E-state index < -0.39 is 11.9 Å². The van der Waals surface area contributed by atoms with Crippen LogP contribution in [0.4, 0.5) is 24.1 Å². The Bertz CT molecular complexity index is 934. The summed E-state index contributed by atoms with van der Waals surface area (Å²) < 4.78 is 46.2. The monoisotopic (exact) mass is 442 g/mol. The van der Waals surface area contributed by atoms with Gasteiger partial charge in [-0.15, -0.1) is 0 Å². The number of aromatic nitrogens is 3. The molecule has 162 valence electrons. The molecule has 0 aromatic carbocycles. The predicted octanol–water partition coefficient (Wildman–Crippen LogP) is 2.53. The standard InChI is InChI=1S/C18H21F3N6O2S/c1-10-3-12(5-26(10)6-13-16(19)25-17(30-13)24-11(2)28)29-15-4-14(22-9-23-15)27-7-18(20,21)8-27/h4,9-10,12H,3,5-8H2,1-2H3,(H,24,25,28)/t10-,12+/m0/s1. The summed E-state index contributed by atoms with van der Waals surface area (Å²) in [5, 5.41) is 2.73. The molecule has 2 fully saturated rings. The maximum Gasteiger partial charge on any atom is 0.282 e. The van der Waals surface area contributed by atoms with Crippen molar-refractivity contribution in [2.24, 2.45) is 0 Å². The molecule has 4 rings (SSSR count). The first-order chi connectivity index (χ1) is 14.2. The number of alkyl halides is 2. The number of hydrogen-bond donors (Lipinski definition) is 1. The van der Waals surface area contributed by atoms with Crippen LogP contribution in [-0.2, 0) is 11.3 Å². The fraction of sp³-hybridized carbons (Fsp3) is 0.556. The van der Waals surface area contributed by atoms with Gasteiger partial charge in [-0.05, 0) is 6.92 Å². The molecule has 2 aliphatic heterocycles. The highest BCUT2D eigenvalue weighted by molar-refractivity contribution is 7.15. The third-order valence-corrected chi connectivity index (χ3v) is 5.96. The second-order valence-electron chi connectivity index (χ2n) is 7.59. The molecule has 8 nitrogen and oxygen atoms in total. The number of ether oxygens (including phenoxy) is 1. The Morgan fingerprint density at radius 3 is 2.87 bits per heavy atom. The Balaban J connectivity index is 1.36. The van der Waals surface area contributed by atoms with Gasteiger partial charge in [0.25, 0.3) is 5.92 Å². The van der Waals surface area contributed by atoms with E-state index in [-0.39, 0.29) is 36.3 Å². The van der Waals surface area contributed by atoms with E-state index in [1.54, 1.807) is 6.07 Å². The lowest BCUT2D eigenvalue weighted by atomic mass is 10.1. The van der Waals surface area contributed by atoms with Gasteiger partial charge in [-0.1, -0.05) is 11.3 Å². The first kappa shape index (κ1) is 20.8. The molecule has 2 aliphatic rings. The number of carbonyl (C=O) groups excluding carboxylic acids is 1. The maximum absolute atomic E-state index is 14.1. The summed E-state index contributed by atoms with van der Waals surface area (Å²) in [5.41, 5.74) is 0. The van der Waals surface area contributed by atoms with Crippen LogP contribution in [0.1, 0.15) is 25.1 Å². The molecule has 2 aromatic rings. The fourth-order valence-electron chi connectivity index (χ4n) is 3.58. The van der Waals surface area contributed by atoms with Crippen LogP contribution in [0.25, 0.3) is 0 Å². The molecule has 2 saturated heterocycles. The third-order valence-electron chi connectivity index (χ3n) is 5.03. The van der Waals surface area contributed by atoms with Crippen LogP contribution in [-0.4, -0.2) is 63.5 Å². The van der Waals surface area contributed by atoms with Gasteiger partial charge in [0.05, 0.1) is 18.0 Å². The summed E-state index contributed by atoms with van der Waals surface area (Å²) in [7, 11) is 0. The Labute approximate surface area is 175 Å². The van der Waals surface area contributed by atoms with Gasteiger partial charge in [0.15, 0.2) is 5.13 Å². The summed E-state index contributed by atoms with van der Waals surface area (Å²) in [4.78, 5) is 27.0. The van der Waals surface area contributed by atoms with E-state index >= 15 is 0 Å². The lowest BCUT2D eigenvalue weighted by Gasteiger charge is -2.39. The second kappa shape index (κ2) is 7.99. The summed E-state index contributed by atoms with van der Waals surface area (Å²) in [6, 6.07) is 1.70. The Morgan fingerprint density at radius 1 is 1.40 bits per heavy atom. The minimum Gasteiger partial charge on any atom is -0.473 e. The number of nitrogens with zero attached hydrogens (tertiary/aromatic N) is 5. The van der Waals surface area contributed by atoms with Gasteiger partial charge in [0, 0.05) is 38.5 Å². The fourth-order valence-corrected chi connectivity index (χ4v) is 4.50. The van der Waals surface area contributed by atoms with Gasteiger partial charge in [0.2, 0.25) is 17.7 Å². The largest absolute Gasteiger partial charge is 0.473 e. The number of rotatable bonds is 6. The van der Waals surface area contributed by atoms with Crippen molar-refractivity contribution in [3.63, 3.8) is 0 Å². The van der Waals surface area contributed by atoms with E-state index in [1.807, 2.05) is 6.92 Å². The second-order valence-corrected chi connectivity index (χ2v) is 8.68. The van der Waals surface area contributed by atoms with Crippen molar-refractivity contribution < 1.29 is 22.7 Å². The van der Waals surface area contributed by atoms with E-state index in [0.717, 1.165) is 11.3 Å². The van der Waals surface area contributed by atoms with Crippen molar-refractivity contribution in [3.05, 3.63) is 23.2 Å². The number of likely N-dealkylation sites (tertiary alicyclic amines) is 1. The van der Waals surface area contributed by atoms with E-state index in [1.165, 1.54) is 18.2 Å². The molecule has 2 aromatic heterocycles. The Hall–Kier alpha value is -2.47. The van der Waals surface area contributed by atoms with E-state index in [4.69, 9.17) is 4.74 Å². The molecule has 0 radical (unpaired) electrons. The molecule has 2 atom stereocenters. The van der Waals surface area contributed by atoms with Crippen molar-refractivity contribution in [1.82, 2.24) is 19.9 Å². The third kappa shape index (κ3) is 4.64. The number of amides is 1. The average Bonchev–Trinajstić information content (AvgIpc) is 3.14. The molecular formula is C18H21F3N6O2S. The van der Waals surface area contributed by atoms with Crippen LogP contribution >= 0.6 is 11.3 Å². The zero-order chi connectivity index (χ0) is 21.5. The minimum atomic E-state index is -2.68. The smallest absolute Gasteiger partial charge is 0.282 e. The van der Waals surface area contributed by atoms with Crippen LogP contribution in [0.3, 0.4) is 0 Å². The Morgan fingerprint density at radius 2 is 2.17 bits per heavy atom. The van der Waals surface area contributed by atoms with Crippen LogP contribution in [0.5, 0.6) is 5.88 Å². The highest BCUT2D eigenvalue weighted by atomic mass is 32.1. The van der Waals surface area contributed by atoms with Crippen LogP contribution < -0.4 is 15.0 Å². The topological polar surface area (TPSA) is 83.5 Å². The first-order valence-corrected chi connectivity index (χ1v) is 10.3. The zero-order valence-electron chi connectivity index (χ0n) is 16.4. The van der Waals surface area contributed by atoms with Crippen LogP contribution in [0, 0.1) is 5.95 Å². The average molecular weight is 442 g/mol. The zero-order valence-corrected chi connectivity index (χ0v) is 17.3. The van der Waals surface area contributed by atoms with Gasteiger partial charge in [-0.2, -0.15) is 9.37 Å². The number of carbonyl (C=O) groups is 1. The van der Waals surface area contributed by atoms with Crippen molar-refractivity contribution in [2.75, 3.05) is 29.9 Å². The lowest BCUT2D eigenvalue weighted by molar-refractivity contribution is -0.114. The van der Waals surface area contributed by atoms with Gasteiger partial charge in [-0.25, -0.2) is 18.7 Å². The molecule has 0 spiro atoms. The normalized spacial score (nSPS) is 23.3. The van der Waals surface area contributed by atoms with Crippen molar-refractivity contribution in [1.29, 1.82) is 0 Å². The molecule has 0 unspecified atom stereocenters. The number of anilines is 2. The molecule has 12 heteroatoms. The molecular weight excluding hydrogens is 421 g/mol. The van der Waals surface area contributed by atoms with Crippen LogP contribution in [0.2, 0.25) is 0 Å². The summed E-state index contributed by atoms with van der Waals surface area (Å²) in [5.74, 6) is -2.84. The SMILES string of the molecule is CC(=O)Nc1nc(F)c(CN2C[C@H](Oc3cc(N4CC(F)(F)C4)ncn3)C[C@@H]2C)s1. The summed E-state index contributed by atoms with van der Waals surface area (Å²) in [6.07, 6.45) is 1.83.